The van der Waals surface area contributed by atoms with E-state index in [-0.39, 0.29) is 22.6 Å². The fourth-order valence-corrected chi connectivity index (χ4v) is 4.77. The zero-order chi connectivity index (χ0) is 30.4. The minimum absolute atomic E-state index is 0.137. The largest absolute Gasteiger partial charge is 0.573 e. The van der Waals surface area contributed by atoms with E-state index in [1.165, 1.54) is 46.4 Å². The number of ether oxygens (including phenoxy) is 2. The molecule has 0 saturated carbocycles. The zero-order valence-corrected chi connectivity index (χ0v) is 23.2. The molecule has 1 fully saturated rings. The molecule has 15 heteroatoms. The number of hydrogen-bond donors (Lipinski definition) is 1. The Hall–Kier alpha value is -5.18. The summed E-state index contributed by atoms with van der Waals surface area (Å²) in [5.74, 6) is 0.474. The van der Waals surface area contributed by atoms with Crippen LogP contribution in [0.1, 0.15) is 12.5 Å². The molecule has 0 bridgehead atoms. The number of thioether (sulfide) groups is 1. The van der Waals surface area contributed by atoms with Gasteiger partial charge in [0.15, 0.2) is 11.0 Å². The van der Waals surface area contributed by atoms with Crippen molar-refractivity contribution in [3.8, 4) is 28.6 Å². The standard InChI is InChI=1S/C28H22F3N7O4S/c1-2-41-23-6-4-3-5-22(23)38-24(39)16-43-27(38)34-26(40)35-33-15-18-7-9-19(10-8-18)25-32-17-37(36-25)20-11-13-21(14-12-20)42-28(29,30)31/h3-15,17H,2,16H2,1H3,(H,35,40)/b33-15+,34-27?. The topological polar surface area (TPSA) is 123 Å². The normalized spacial score (nSPS) is 14.5. The molecule has 220 valence electrons. The second-order valence-electron chi connectivity index (χ2n) is 8.66. The number of urea groups is 1. The van der Waals surface area contributed by atoms with Gasteiger partial charge in [0.05, 0.1) is 29.9 Å². The lowest BCUT2D eigenvalue weighted by Crippen LogP contribution is -2.31. The Balaban J connectivity index is 1.20. The van der Waals surface area contributed by atoms with Gasteiger partial charge in [0.2, 0.25) is 5.91 Å². The van der Waals surface area contributed by atoms with E-state index in [0.717, 1.165) is 11.8 Å². The molecule has 0 radical (unpaired) electrons. The minimum atomic E-state index is -4.77. The van der Waals surface area contributed by atoms with Gasteiger partial charge in [-0.1, -0.05) is 48.2 Å². The van der Waals surface area contributed by atoms with Crippen molar-refractivity contribution in [3.63, 3.8) is 0 Å². The molecule has 1 aliphatic heterocycles. The van der Waals surface area contributed by atoms with Gasteiger partial charge < -0.3 is 9.47 Å². The number of anilines is 1. The highest BCUT2D eigenvalue weighted by Gasteiger charge is 2.32. The van der Waals surface area contributed by atoms with E-state index in [1.54, 1.807) is 48.5 Å². The second kappa shape index (κ2) is 12.8. The molecular formula is C28H22F3N7O4S. The van der Waals surface area contributed by atoms with Crippen LogP contribution in [0.2, 0.25) is 0 Å². The summed E-state index contributed by atoms with van der Waals surface area (Å²) in [5, 5.41) is 8.52. The second-order valence-corrected chi connectivity index (χ2v) is 9.61. The van der Waals surface area contributed by atoms with Crippen molar-refractivity contribution < 1.29 is 32.2 Å². The molecule has 3 amide bonds. The quantitative estimate of drug-likeness (QED) is 0.209. The van der Waals surface area contributed by atoms with Crippen LogP contribution in [0.5, 0.6) is 11.5 Å². The summed E-state index contributed by atoms with van der Waals surface area (Å²) < 4.78 is 48.0. The summed E-state index contributed by atoms with van der Waals surface area (Å²) in [5.41, 5.74) is 4.67. The maximum atomic E-state index is 12.5. The van der Waals surface area contributed by atoms with Gasteiger partial charge in [0.1, 0.15) is 17.8 Å². The highest BCUT2D eigenvalue weighted by Crippen LogP contribution is 2.34. The van der Waals surface area contributed by atoms with Crippen LogP contribution < -0.4 is 19.8 Å². The van der Waals surface area contributed by atoms with Gasteiger partial charge in [-0.2, -0.15) is 10.1 Å². The number of amides is 3. The van der Waals surface area contributed by atoms with Gasteiger partial charge in [-0.05, 0) is 48.9 Å². The zero-order valence-electron chi connectivity index (χ0n) is 22.4. The first kappa shape index (κ1) is 29.3. The van der Waals surface area contributed by atoms with Crippen molar-refractivity contribution in [1.82, 2.24) is 20.2 Å². The molecule has 0 spiro atoms. The van der Waals surface area contributed by atoms with Crippen LogP contribution in [-0.4, -0.2) is 56.8 Å². The van der Waals surface area contributed by atoms with E-state index in [1.807, 2.05) is 6.92 Å². The monoisotopic (exact) mass is 609 g/mol. The Morgan fingerprint density at radius 2 is 1.84 bits per heavy atom. The third kappa shape index (κ3) is 7.37. The number of rotatable bonds is 8. The number of aliphatic imine (C=N–C) groups is 1. The van der Waals surface area contributed by atoms with Crippen molar-refractivity contribution in [2.24, 2.45) is 10.1 Å². The number of para-hydroxylation sites is 2. The average Bonchev–Trinajstić information content (AvgIpc) is 3.61. The molecule has 11 nitrogen and oxygen atoms in total. The molecule has 1 aromatic heterocycles. The number of carbonyl (C=O) groups excluding carboxylic acids is 2. The molecule has 0 unspecified atom stereocenters. The molecular weight excluding hydrogens is 587 g/mol. The van der Waals surface area contributed by atoms with Crippen molar-refractivity contribution in [3.05, 3.63) is 84.7 Å². The first-order valence-electron chi connectivity index (χ1n) is 12.7. The number of alkyl halides is 3. The number of benzene rings is 3. The SMILES string of the molecule is CCOc1ccccc1N1C(=O)CSC1=NC(=O)N/N=C/c1ccc(-c2ncn(-c3ccc(OC(F)(F)F)cc3)n2)cc1. The molecule has 1 aliphatic rings. The molecule has 43 heavy (non-hydrogen) atoms. The van der Waals surface area contributed by atoms with Crippen LogP contribution in [0.3, 0.4) is 0 Å². The highest BCUT2D eigenvalue weighted by molar-refractivity contribution is 8.15. The van der Waals surface area contributed by atoms with Crippen LogP contribution in [-0.2, 0) is 4.79 Å². The number of aromatic nitrogens is 3. The van der Waals surface area contributed by atoms with Gasteiger partial charge in [0.25, 0.3) is 0 Å². The van der Waals surface area contributed by atoms with Crippen LogP contribution in [0.25, 0.3) is 17.1 Å². The molecule has 4 aromatic rings. The predicted octanol–water partition coefficient (Wildman–Crippen LogP) is 5.41. The van der Waals surface area contributed by atoms with E-state index in [9.17, 15) is 22.8 Å². The van der Waals surface area contributed by atoms with E-state index in [0.29, 0.717) is 40.7 Å². The molecule has 3 aromatic carbocycles. The van der Waals surface area contributed by atoms with Crippen molar-refractivity contribution in [1.29, 1.82) is 0 Å². The number of carbonyl (C=O) groups is 2. The molecule has 2 heterocycles. The molecule has 5 rings (SSSR count). The minimum Gasteiger partial charge on any atom is -0.492 e. The summed E-state index contributed by atoms with van der Waals surface area (Å²) >= 11 is 1.14. The predicted molar refractivity (Wildman–Crippen MR) is 155 cm³/mol. The summed E-state index contributed by atoms with van der Waals surface area (Å²) in [6, 6.07) is 18.5. The lowest BCUT2D eigenvalue weighted by Gasteiger charge is -2.19. The first-order chi connectivity index (χ1) is 20.7. The van der Waals surface area contributed by atoms with Gasteiger partial charge >= 0.3 is 12.4 Å². The first-order valence-corrected chi connectivity index (χ1v) is 13.7. The number of amidine groups is 1. The van der Waals surface area contributed by atoms with Crippen LogP contribution in [0, 0.1) is 0 Å². The van der Waals surface area contributed by atoms with Gasteiger partial charge in [-0.15, -0.1) is 18.3 Å². The Labute approximate surface area is 247 Å². The fraction of sp³-hybridized carbons (Fsp3) is 0.143. The Kier molecular flexibility index (Phi) is 8.71. The Morgan fingerprint density at radius 1 is 1.09 bits per heavy atom. The van der Waals surface area contributed by atoms with E-state index in [2.05, 4.69) is 30.3 Å². The third-order valence-electron chi connectivity index (χ3n) is 5.74. The van der Waals surface area contributed by atoms with Crippen LogP contribution >= 0.6 is 11.8 Å². The van der Waals surface area contributed by atoms with Crippen molar-refractivity contribution >= 4 is 40.8 Å². The molecule has 0 atom stereocenters. The number of nitrogens with one attached hydrogen (secondary N) is 1. The smallest absolute Gasteiger partial charge is 0.492 e. The van der Waals surface area contributed by atoms with Crippen LogP contribution in [0.4, 0.5) is 23.7 Å². The summed E-state index contributed by atoms with van der Waals surface area (Å²) in [4.78, 5) is 34.6. The van der Waals surface area contributed by atoms with Gasteiger partial charge in [-0.25, -0.2) is 19.9 Å². The molecule has 1 N–H and O–H groups in total. The summed E-state index contributed by atoms with van der Waals surface area (Å²) in [7, 11) is 0. The fourth-order valence-electron chi connectivity index (χ4n) is 3.91. The van der Waals surface area contributed by atoms with E-state index >= 15 is 0 Å². The van der Waals surface area contributed by atoms with Gasteiger partial charge in [0, 0.05) is 5.56 Å². The molecule has 0 aliphatic carbocycles. The van der Waals surface area contributed by atoms with Crippen molar-refractivity contribution in [2.75, 3.05) is 17.3 Å². The lowest BCUT2D eigenvalue weighted by molar-refractivity contribution is -0.274. The lowest BCUT2D eigenvalue weighted by atomic mass is 10.1. The van der Waals surface area contributed by atoms with Gasteiger partial charge in [-0.3, -0.25) is 9.69 Å². The number of hydrazone groups is 1. The number of nitrogens with zero attached hydrogens (tertiary/aromatic N) is 6. The number of hydrogen-bond acceptors (Lipinski definition) is 8. The molecule has 1 saturated heterocycles. The van der Waals surface area contributed by atoms with Crippen LogP contribution in [0.15, 0.2) is 89.2 Å². The van der Waals surface area contributed by atoms with E-state index in [4.69, 9.17) is 4.74 Å². The van der Waals surface area contributed by atoms with Crippen molar-refractivity contribution in [2.45, 2.75) is 13.3 Å². The maximum absolute atomic E-state index is 12.5. The van der Waals surface area contributed by atoms with E-state index < -0.39 is 12.4 Å². The average molecular weight is 610 g/mol. The Bertz CT molecular complexity index is 1670. The third-order valence-corrected chi connectivity index (χ3v) is 6.66. The Morgan fingerprint density at radius 3 is 2.56 bits per heavy atom. The summed E-state index contributed by atoms with van der Waals surface area (Å²) in [6.45, 7) is 2.25. The number of halogens is 3. The maximum Gasteiger partial charge on any atom is 0.573 e. The highest BCUT2D eigenvalue weighted by atomic mass is 32.2. The summed E-state index contributed by atoms with van der Waals surface area (Å²) in [6.07, 6.45) is -1.91.